The maximum absolute atomic E-state index is 12.9. The zero-order chi connectivity index (χ0) is 22.9. The monoisotopic (exact) mass is 452 g/mol. The molecule has 0 saturated heterocycles. The van der Waals surface area contributed by atoms with Crippen LogP contribution in [-0.2, 0) is 16.6 Å². The molecule has 0 unspecified atom stereocenters. The number of aromatic nitrogens is 4. The molecule has 0 amide bonds. The number of sulfonamides is 1. The normalized spacial score (nSPS) is 11.9. The average Bonchev–Trinajstić information content (AvgIpc) is 3.11. The molecule has 0 fully saturated rings. The van der Waals surface area contributed by atoms with Gasteiger partial charge in [0.25, 0.3) is 0 Å². The van der Waals surface area contributed by atoms with Crippen LogP contribution in [0.1, 0.15) is 5.56 Å². The number of rotatable bonds is 7. The van der Waals surface area contributed by atoms with Crippen molar-refractivity contribution in [2.45, 2.75) is 13.5 Å². The second-order valence-corrected chi connectivity index (χ2v) is 9.74. The summed E-state index contributed by atoms with van der Waals surface area (Å²) in [6.45, 7) is 2.48. The molecule has 0 saturated carbocycles. The third-order valence-electron chi connectivity index (χ3n) is 5.25. The fourth-order valence-corrected chi connectivity index (χ4v) is 3.76. The third kappa shape index (κ3) is 4.56. The lowest BCUT2D eigenvalue weighted by atomic mass is 10.2. The van der Waals surface area contributed by atoms with Gasteiger partial charge in [-0.25, -0.2) is 27.5 Å². The maximum atomic E-state index is 12.9. The van der Waals surface area contributed by atoms with Gasteiger partial charge in [-0.1, -0.05) is 12.1 Å². The fraction of sp³-hybridized carbons (Fsp3) is 0.227. The van der Waals surface area contributed by atoms with Crippen molar-refractivity contribution >= 4 is 32.4 Å². The summed E-state index contributed by atoms with van der Waals surface area (Å²) in [7, 11) is -1.81. The molecule has 0 aliphatic carbocycles. The summed E-state index contributed by atoms with van der Waals surface area (Å²) < 4.78 is 27.4. The Kier molecular flexibility index (Phi) is 5.81. The molecular weight excluding hydrogens is 428 g/mol. The van der Waals surface area contributed by atoms with Crippen LogP contribution in [0.2, 0.25) is 0 Å². The number of fused-ring (bicyclic) bond motifs is 1. The van der Waals surface area contributed by atoms with Crippen LogP contribution in [0.4, 0.5) is 11.5 Å². The number of nitrogens with one attached hydrogen (secondary N) is 1. The zero-order valence-corrected chi connectivity index (χ0v) is 18.9. The van der Waals surface area contributed by atoms with Gasteiger partial charge in [0, 0.05) is 43.6 Å². The van der Waals surface area contributed by atoms with E-state index >= 15 is 0 Å². The van der Waals surface area contributed by atoms with Crippen molar-refractivity contribution in [2.24, 2.45) is 0 Å². The molecule has 0 bridgehead atoms. The van der Waals surface area contributed by atoms with Gasteiger partial charge in [-0.3, -0.25) is 9.13 Å². The molecule has 0 atom stereocenters. The largest absolute Gasteiger partial charge is 0.340 e. The second kappa shape index (κ2) is 8.56. The van der Waals surface area contributed by atoms with Crippen molar-refractivity contribution < 1.29 is 8.42 Å². The summed E-state index contributed by atoms with van der Waals surface area (Å²) in [6.07, 6.45) is 5.96. The smallest absolute Gasteiger partial charge is 0.332 e. The first kappa shape index (κ1) is 21.7. The zero-order valence-electron chi connectivity index (χ0n) is 18.1. The number of hydrogen-bond acceptors (Lipinski definition) is 6. The summed E-state index contributed by atoms with van der Waals surface area (Å²) in [4.78, 5) is 21.6. The van der Waals surface area contributed by atoms with Crippen molar-refractivity contribution in [1.29, 1.82) is 0 Å². The van der Waals surface area contributed by atoms with Gasteiger partial charge in [0.1, 0.15) is 12.1 Å². The number of anilines is 2. The minimum absolute atomic E-state index is 0.207. The number of benzene rings is 2. The van der Waals surface area contributed by atoms with E-state index in [9.17, 15) is 13.2 Å². The first-order valence-electron chi connectivity index (χ1n) is 10.0. The molecule has 2 heterocycles. The van der Waals surface area contributed by atoms with Crippen molar-refractivity contribution in [2.75, 3.05) is 25.2 Å². The highest BCUT2D eigenvalue weighted by Gasteiger charge is 2.13. The van der Waals surface area contributed by atoms with Crippen LogP contribution in [0, 0.1) is 6.92 Å². The van der Waals surface area contributed by atoms with E-state index in [4.69, 9.17) is 0 Å². The molecule has 1 N–H and O–H groups in total. The predicted octanol–water partition coefficient (Wildman–Crippen LogP) is 2.53. The van der Waals surface area contributed by atoms with Crippen LogP contribution in [-0.4, -0.2) is 51.7 Å². The lowest BCUT2D eigenvalue weighted by molar-refractivity contribution is 0.445. The molecule has 32 heavy (non-hydrogen) atoms. The number of nitrogens with zero attached hydrogens (tertiary/aromatic N) is 5. The standard InChI is InChI=1S/C22H24N6O3S/c1-16-5-4-6-17(13-16)25-21-19-14-18(7-8-20(19)23-15-24-21)28-12-11-27(22(28)29)10-9-26(2)32(3,30)31/h4-8,11-15H,9-10H2,1-3H3,(H,23,24,25). The first-order valence-corrected chi connectivity index (χ1v) is 11.8. The van der Waals surface area contributed by atoms with Gasteiger partial charge >= 0.3 is 5.69 Å². The highest BCUT2D eigenvalue weighted by atomic mass is 32.2. The summed E-state index contributed by atoms with van der Waals surface area (Å²) in [5.41, 5.74) is 3.20. The van der Waals surface area contributed by atoms with E-state index in [1.54, 1.807) is 12.4 Å². The number of hydrogen-bond donors (Lipinski definition) is 1. The van der Waals surface area contributed by atoms with Gasteiger partial charge in [-0.15, -0.1) is 0 Å². The minimum Gasteiger partial charge on any atom is -0.340 e. The Hall–Kier alpha value is -3.50. The van der Waals surface area contributed by atoms with Crippen molar-refractivity contribution in [3.05, 3.63) is 77.2 Å². The molecule has 10 heteroatoms. The van der Waals surface area contributed by atoms with E-state index in [1.807, 2.05) is 49.4 Å². The van der Waals surface area contributed by atoms with E-state index in [0.29, 0.717) is 11.5 Å². The highest BCUT2D eigenvalue weighted by Crippen LogP contribution is 2.25. The lowest BCUT2D eigenvalue weighted by Crippen LogP contribution is -2.32. The Bertz CT molecular complexity index is 1440. The molecule has 2 aromatic carbocycles. The summed E-state index contributed by atoms with van der Waals surface area (Å²) in [6, 6.07) is 13.5. The van der Waals surface area contributed by atoms with E-state index < -0.39 is 10.0 Å². The average molecular weight is 453 g/mol. The Morgan fingerprint density at radius 3 is 2.66 bits per heavy atom. The van der Waals surface area contributed by atoms with Crippen LogP contribution in [0.25, 0.3) is 16.6 Å². The molecule has 2 aromatic heterocycles. The minimum atomic E-state index is -3.30. The van der Waals surface area contributed by atoms with Crippen LogP contribution < -0.4 is 11.0 Å². The maximum Gasteiger partial charge on any atom is 0.332 e. The Labute approximate surface area is 186 Å². The van der Waals surface area contributed by atoms with Gasteiger partial charge in [-0.2, -0.15) is 0 Å². The SMILES string of the molecule is Cc1cccc(Nc2ncnc3ccc(-n4ccn(CCN(C)S(C)(=O)=O)c4=O)cc23)c1. The third-order valence-corrected chi connectivity index (χ3v) is 6.56. The Balaban J connectivity index is 1.66. The number of likely N-dealkylation sites (N-methyl/N-ethyl adjacent to an activating group) is 1. The topological polar surface area (TPSA) is 102 Å². The van der Waals surface area contributed by atoms with Crippen LogP contribution in [0.3, 0.4) is 0 Å². The van der Waals surface area contributed by atoms with Gasteiger partial charge in [0.05, 0.1) is 17.5 Å². The summed E-state index contributed by atoms with van der Waals surface area (Å²) >= 11 is 0. The van der Waals surface area contributed by atoms with E-state index in [1.165, 1.54) is 26.8 Å². The van der Waals surface area contributed by atoms with Crippen LogP contribution in [0.15, 0.2) is 66.0 Å². The van der Waals surface area contributed by atoms with Crippen molar-refractivity contribution in [1.82, 2.24) is 23.4 Å². The van der Waals surface area contributed by atoms with Crippen molar-refractivity contribution in [3.8, 4) is 5.69 Å². The van der Waals surface area contributed by atoms with Gasteiger partial charge in [0.2, 0.25) is 10.0 Å². The van der Waals surface area contributed by atoms with Crippen molar-refractivity contribution in [3.63, 3.8) is 0 Å². The molecule has 4 rings (SSSR count). The molecule has 4 aromatic rings. The Morgan fingerprint density at radius 1 is 1.09 bits per heavy atom. The highest BCUT2D eigenvalue weighted by molar-refractivity contribution is 7.88. The first-order chi connectivity index (χ1) is 15.2. The summed E-state index contributed by atoms with van der Waals surface area (Å²) in [5.74, 6) is 0.643. The molecule has 9 nitrogen and oxygen atoms in total. The fourth-order valence-electron chi connectivity index (χ4n) is 3.35. The molecule has 0 aliphatic heterocycles. The van der Waals surface area contributed by atoms with Gasteiger partial charge in [-0.05, 0) is 42.8 Å². The van der Waals surface area contributed by atoms with E-state index in [2.05, 4.69) is 15.3 Å². The molecule has 0 spiro atoms. The lowest BCUT2D eigenvalue weighted by Gasteiger charge is -2.13. The molecular formula is C22H24N6O3S. The molecule has 166 valence electrons. The number of imidazole rings is 1. The predicted molar refractivity (Wildman–Crippen MR) is 125 cm³/mol. The van der Waals surface area contributed by atoms with Gasteiger partial charge < -0.3 is 5.32 Å². The summed E-state index contributed by atoms with van der Waals surface area (Å²) in [5, 5.41) is 4.11. The Morgan fingerprint density at radius 2 is 1.91 bits per heavy atom. The van der Waals surface area contributed by atoms with Gasteiger partial charge in [0.15, 0.2) is 0 Å². The van der Waals surface area contributed by atoms with E-state index in [-0.39, 0.29) is 18.8 Å². The molecule has 0 radical (unpaired) electrons. The molecule has 0 aliphatic rings. The number of aryl methyl sites for hydroxylation is 1. The second-order valence-electron chi connectivity index (χ2n) is 7.65. The van der Waals surface area contributed by atoms with Crippen LogP contribution >= 0.6 is 0 Å². The quantitative estimate of drug-likeness (QED) is 0.462. The van der Waals surface area contributed by atoms with Crippen LogP contribution in [0.5, 0.6) is 0 Å². The van der Waals surface area contributed by atoms with E-state index in [0.717, 1.165) is 28.4 Å².